The van der Waals surface area contributed by atoms with Crippen molar-refractivity contribution in [1.82, 2.24) is 14.7 Å². The summed E-state index contributed by atoms with van der Waals surface area (Å²) in [5.74, 6) is -1.36. The van der Waals surface area contributed by atoms with Crippen LogP contribution in [-0.2, 0) is 24.9 Å². The zero-order valence-corrected chi connectivity index (χ0v) is 22.5. The lowest BCUT2D eigenvalue weighted by molar-refractivity contribution is 0.0600. The van der Waals surface area contributed by atoms with Crippen molar-refractivity contribution >= 4 is 29.2 Å². The Balaban J connectivity index is 1.43. The van der Waals surface area contributed by atoms with Crippen molar-refractivity contribution in [1.29, 1.82) is 0 Å². The number of rotatable bonds is 8. The van der Waals surface area contributed by atoms with E-state index >= 15 is 0 Å². The van der Waals surface area contributed by atoms with E-state index in [1.54, 1.807) is 42.1 Å². The molecule has 0 saturated heterocycles. The number of carbonyl (C=O) groups excluding carboxylic acids is 2. The predicted octanol–water partition coefficient (Wildman–Crippen LogP) is 5.45. The van der Waals surface area contributed by atoms with Crippen molar-refractivity contribution in [2.45, 2.75) is 13.2 Å². The third-order valence-electron chi connectivity index (χ3n) is 6.55. The lowest BCUT2D eigenvalue weighted by Crippen LogP contribution is -2.35. The molecule has 0 spiro atoms. The fraction of sp³-hybridized carbons (Fsp3) is 0.207. The molecule has 40 heavy (non-hydrogen) atoms. The molecule has 8 nitrogen and oxygen atoms in total. The van der Waals surface area contributed by atoms with Gasteiger partial charge in [-0.3, -0.25) is 9.48 Å². The Morgan fingerprint density at radius 2 is 1.98 bits per heavy atom. The smallest absolute Gasteiger partial charge is 0.337 e. The highest BCUT2D eigenvalue weighted by Gasteiger charge is 2.31. The monoisotopic (exact) mass is 566 g/mol. The summed E-state index contributed by atoms with van der Waals surface area (Å²) < 4.78 is 40.6. The average Bonchev–Trinajstić information content (AvgIpc) is 3.29. The van der Waals surface area contributed by atoms with E-state index in [0.717, 1.165) is 17.3 Å². The second-order valence-corrected chi connectivity index (χ2v) is 9.63. The molecule has 1 aliphatic rings. The van der Waals surface area contributed by atoms with Gasteiger partial charge in [-0.25, -0.2) is 13.6 Å². The number of carbonyl (C=O) groups is 2. The molecule has 1 aliphatic heterocycles. The van der Waals surface area contributed by atoms with E-state index in [0.29, 0.717) is 21.9 Å². The number of halogens is 3. The van der Waals surface area contributed by atoms with E-state index in [2.05, 4.69) is 10.4 Å². The number of hydrogen-bond acceptors (Lipinski definition) is 6. The van der Waals surface area contributed by atoms with Gasteiger partial charge in [0, 0.05) is 42.8 Å². The molecular formula is C29H25ClF2N4O4. The largest absolute Gasteiger partial charge is 0.488 e. The van der Waals surface area contributed by atoms with E-state index < -0.39 is 23.5 Å². The quantitative estimate of drug-likeness (QED) is 0.285. The van der Waals surface area contributed by atoms with E-state index in [-0.39, 0.29) is 43.2 Å². The van der Waals surface area contributed by atoms with Crippen LogP contribution < -0.4 is 10.1 Å². The van der Waals surface area contributed by atoms with Crippen LogP contribution in [0.2, 0.25) is 5.02 Å². The van der Waals surface area contributed by atoms with Crippen LogP contribution in [0.4, 0.5) is 14.5 Å². The van der Waals surface area contributed by atoms with Gasteiger partial charge in [0.1, 0.15) is 24.0 Å². The van der Waals surface area contributed by atoms with Gasteiger partial charge in [-0.05, 0) is 54.1 Å². The SMILES string of the molecule is COC(=O)c1ccc(F)c(NCCN(Cc2cccc(F)c2)C(=O)c2nn(C)c3c2COc2ccc(Cl)cc2-3)c1. The minimum Gasteiger partial charge on any atom is -0.488 e. The standard InChI is InChI=1S/C29H25ClF2N4O4/c1-35-27-21-14-19(30)7-9-25(21)40-16-22(27)26(34-35)28(37)36(15-17-4-3-5-20(31)12-17)11-10-33-24-13-18(29(38)39-2)6-8-23(24)32/h3-9,12-14,33H,10-11,15-16H2,1-2H3. The molecule has 0 unspecified atom stereocenters. The van der Waals surface area contributed by atoms with E-state index in [1.807, 2.05) is 0 Å². The van der Waals surface area contributed by atoms with Crippen LogP contribution in [0.5, 0.6) is 5.75 Å². The summed E-state index contributed by atoms with van der Waals surface area (Å²) in [7, 11) is 2.98. The third kappa shape index (κ3) is 5.48. The molecule has 0 radical (unpaired) electrons. The van der Waals surface area contributed by atoms with Crippen LogP contribution in [-0.4, -0.2) is 46.8 Å². The van der Waals surface area contributed by atoms with Crippen molar-refractivity contribution in [3.63, 3.8) is 0 Å². The number of esters is 1. The van der Waals surface area contributed by atoms with Gasteiger partial charge < -0.3 is 19.7 Å². The van der Waals surface area contributed by atoms with Gasteiger partial charge in [-0.1, -0.05) is 23.7 Å². The molecule has 5 rings (SSSR count). The number of amides is 1. The Labute approximate surface area is 234 Å². The Morgan fingerprint density at radius 3 is 2.75 bits per heavy atom. The van der Waals surface area contributed by atoms with Gasteiger partial charge in [-0.2, -0.15) is 5.10 Å². The first-order valence-electron chi connectivity index (χ1n) is 12.4. The lowest BCUT2D eigenvalue weighted by Gasteiger charge is -2.24. The van der Waals surface area contributed by atoms with Crippen molar-refractivity contribution in [3.8, 4) is 17.0 Å². The number of nitrogens with one attached hydrogen (secondary N) is 1. The molecule has 1 aromatic heterocycles. The molecule has 4 aromatic rings. The summed E-state index contributed by atoms with van der Waals surface area (Å²) in [4.78, 5) is 27.3. The zero-order valence-electron chi connectivity index (χ0n) is 21.7. The highest BCUT2D eigenvalue weighted by Crippen LogP contribution is 2.40. The molecule has 206 valence electrons. The van der Waals surface area contributed by atoms with E-state index in [1.165, 1.54) is 36.3 Å². The van der Waals surface area contributed by atoms with Crippen molar-refractivity contribution in [2.24, 2.45) is 7.05 Å². The van der Waals surface area contributed by atoms with Crippen molar-refractivity contribution in [2.75, 3.05) is 25.5 Å². The van der Waals surface area contributed by atoms with Crippen LogP contribution in [0.15, 0.2) is 60.7 Å². The topological polar surface area (TPSA) is 85.7 Å². The summed E-state index contributed by atoms with van der Waals surface area (Å²) in [6.07, 6.45) is 0. The average molecular weight is 567 g/mol. The molecule has 0 bridgehead atoms. The maximum absolute atomic E-state index is 14.4. The van der Waals surface area contributed by atoms with Gasteiger partial charge >= 0.3 is 5.97 Å². The Morgan fingerprint density at radius 1 is 1.15 bits per heavy atom. The number of aromatic nitrogens is 2. The minimum absolute atomic E-state index is 0.0809. The number of anilines is 1. The molecule has 11 heteroatoms. The first kappa shape index (κ1) is 27.1. The van der Waals surface area contributed by atoms with E-state index in [9.17, 15) is 18.4 Å². The summed E-state index contributed by atoms with van der Waals surface area (Å²) in [5.41, 5.74) is 3.08. The molecule has 1 N–H and O–H groups in total. The number of fused-ring (bicyclic) bond motifs is 3. The van der Waals surface area contributed by atoms with Gasteiger partial charge in [0.15, 0.2) is 5.69 Å². The summed E-state index contributed by atoms with van der Waals surface area (Å²) in [5, 5.41) is 7.98. The number of aryl methyl sites for hydroxylation is 1. The van der Waals surface area contributed by atoms with Crippen LogP contribution in [0.3, 0.4) is 0 Å². The normalized spacial score (nSPS) is 11.7. The minimum atomic E-state index is -0.601. The second kappa shape index (κ2) is 11.4. The zero-order chi connectivity index (χ0) is 28.4. The number of nitrogens with zero attached hydrogens (tertiary/aromatic N) is 3. The second-order valence-electron chi connectivity index (χ2n) is 9.20. The molecular weight excluding hydrogens is 542 g/mol. The number of methoxy groups -OCH3 is 1. The summed E-state index contributed by atoms with van der Waals surface area (Å²) >= 11 is 6.22. The lowest BCUT2D eigenvalue weighted by atomic mass is 10.0. The predicted molar refractivity (Wildman–Crippen MR) is 145 cm³/mol. The van der Waals surface area contributed by atoms with E-state index in [4.69, 9.17) is 21.1 Å². The molecule has 2 heterocycles. The first-order chi connectivity index (χ1) is 19.2. The van der Waals surface area contributed by atoms with Crippen LogP contribution in [0.25, 0.3) is 11.3 Å². The van der Waals surface area contributed by atoms with Gasteiger partial charge in [0.05, 0.1) is 24.1 Å². The number of ether oxygens (including phenoxy) is 2. The van der Waals surface area contributed by atoms with Crippen molar-refractivity contribution < 1.29 is 27.8 Å². The van der Waals surface area contributed by atoms with Crippen LogP contribution in [0, 0.1) is 11.6 Å². The summed E-state index contributed by atoms with van der Waals surface area (Å²) in [6, 6.07) is 15.0. The number of benzene rings is 3. The molecule has 0 fully saturated rings. The molecule has 0 aliphatic carbocycles. The molecule has 1 amide bonds. The van der Waals surface area contributed by atoms with Crippen molar-refractivity contribution in [3.05, 3.63) is 99.7 Å². The molecule has 0 saturated carbocycles. The third-order valence-corrected chi connectivity index (χ3v) is 6.79. The Hall–Kier alpha value is -4.44. The first-order valence-corrected chi connectivity index (χ1v) is 12.8. The highest BCUT2D eigenvalue weighted by molar-refractivity contribution is 6.31. The van der Waals surface area contributed by atoms with Gasteiger partial charge in [0.25, 0.3) is 5.91 Å². The molecule has 3 aromatic carbocycles. The maximum atomic E-state index is 14.4. The fourth-order valence-corrected chi connectivity index (χ4v) is 4.84. The number of hydrogen-bond donors (Lipinski definition) is 1. The Kier molecular flexibility index (Phi) is 7.70. The van der Waals surface area contributed by atoms with Gasteiger partial charge in [0.2, 0.25) is 0 Å². The fourth-order valence-electron chi connectivity index (χ4n) is 4.67. The van der Waals surface area contributed by atoms with Gasteiger partial charge in [-0.15, -0.1) is 0 Å². The van der Waals surface area contributed by atoms with Crippen LogP contribution in [0.1, 0.15) is 32.0 Å². The Bertz CT molecular complexity index is 1610. The maximum Gasteiger partial charge on any atom is 0.337 e. The van der Waals surface area contributed by atoms with Crippen LogP contribution >= 0.6 is 11.6 Å². The molecule has 0 atom stereocenters. The highest BCUT2D eigenvalue weighted by atomic mass is 35.5. The summed E-state index contributed by atoms with van der Waals surface area (Å²) in [6.45, 7) is 0.465.